The molecule has 18 heavy (non-hydrogen) atoms. The third-order valence-corrected chi connectivity index (χ3v) is 4.24. The molecule has 0 aliphatic carbocycles. The van der Waals surface area contributed by atoms with E-state index in [1.54, 1.807) is 6.07 Å². The molecule has 1 atom stereocenters. The van der Waals surface area contributed by atoms with Gasteiger partial charge in [-0.25, -0.2) is 4.39 Å². The molecular formula is C14H11BrFIO. The largest absolute Gasteiger partial charge is 0.388 e. The standard InChI is InChI=1S/C14H11BrFIO/c15-14-10(4-2-6-12(14)16)8-13(18)9-3-1-5-11(17)7-9/h1-7,13,18H,8H2. The van der Waals surface area contributed by atoms with Gasteiger partial charge in [0.25, 0.3) is 0 Å². The van der Waals surface area contributed by atoms with Crippen LogP contribution >= 0.6 is 38.5 Å². The van der Waals surface area contributed by atoms with Crippen molar-refractivity contribution < 1.29 is 9.50 Å². The molecule has 4 heteroatoms. The molecule has 0 aliphatic rings. The van der Waals surface area contributed by atoms with Crippen molar-refractivity contribution in [1.29, 1.82) is 0 Å². The summed E-state index contributed by atoms with van der Waals surface area (Å²) >= 11 is 5.41. The van der Waals surface area contributed by atoms with Gasteiger partial charge in [0, 0.05) is 9.99 Å². The third kappa shape index (κ3) is 3.30. The fourth-order valence-electron chi connectivity index (χ4n) is 1.75. The van der Waals surface area contributed by atoms with Crippen LogP contribution in [0.25, 0.3) is 0 Å². The molecule has 0 bridgehead atoms. The summed E-state index contributed by atoms with van der Waals surface area (Å²) in [4.78, 5) is 0. The monoisotopic (exact) mass is 420 g/mol. The average molecular weight is 421 g/mol. The van der Waals surface area contributed by atoms with Crippen LogP contribution in [0.5, 0.6) is 0 Å². The smallest absolute Gasteiger partial charge is 0.137 e. The van der Waals surface area contributed by atoms with Gasteiger partial charge in [0.05, 0.1) is 10.6 Å². The van der Waals surface area contributed by atoms with E-state index in [1.807, 2.05) is 30.3 Å². The summed E-state index contributed by atoms with van der Waals surface area (Å²) < 4.78 is 14.9. The molecule has 0 aromatic heterocycles. The quantitative estimate of drug-likeness (QED) is 0.726. The molecule has 0 saturated heterocycles. The van der Waals surface area contributed by atoms with Gasteiger partial charge in [-0.2, -0.15) is 0 Å². The van der Waals surface area contributed by atoms with Crippen LogP contribution in [-0.4, -0.2) is 5.11 Å². The second kappa shape index (κ2) is 6.12. The summed E-state index contributed by atoms with van der Waals surface area (Å²) in [6.45, 7) is 0. The molecule has 0 heterocycles. The SMILES string of the molecule is OC(Cc1cccc(F)c1Br)c1cccc(I)c1. The zero-order valence-electron chi connectivity index (χ0n) is 9.41. The molecule has 0 radical (unpaired) electrons. The normalized spacial score (nSPS) is 12.4. The van der Waals surface area contributed by atoms with Crippen LogP contribution in [0, 0.1) is 9.39 Å². The average Bonchev–Trinajstić information content (AvgIpc) is 2.35. The lowest BCUT2D eigenvalue weighted by molar-refractivity contribution is 0.178. The van der Waals surface area contributed by atoms with Gasteiger partial charge in [-0.05, 0) is 67.8 Å². The van der Waals surface area contributed by atoms with E-state index < -0.39 is 6.10 Å². The summed E-state index contributed by atoms with van der Waals surface area (Å²) in [7, 11) is 0. The van der Waals surface area contributed by atoms with Gasteiger partial charge in [-0.15, -0.1) is 0 Å². The molecular weight excluding hydrogens is 410 g/mol. The first-order valence-corrected chi connectivity index (χ1v) is 7.31. The number of hydrogen-bond donors (Lipinski definition) is 1. The highest BCUT2D eigenvalue weighted by Crippen LogP contribution is 2.26. The van der Waals surface area contributed by atoms with E-state index in [9.17, 15) is 9.50 Å². The zero-order chi connectivity index (χ0) is 13.1. The number of aliphatic hydroxyl groups excluding tert-OH is 1. The lowest BCUT2D eigenvalue weighted by atomic mass is 10.0. The predicted octanol–water partition coefficient (Wildman–Crippen LogP) is 4.47. The van der Waals surface area contributed by atoms with Gasteiger partial charge in [-0.3, -0.25) is 0 Å². The lowest BCUT2D eigenvalue weighted by Gasteiger charge is -2.13. The van der Waals surface area contributed by atoms with Crippen molar-refractivity contribution in [2.75, 3.05) is 0 Å². The molecule has 0 fully saturated rings. The van der Waals surface area contributed by atoms with Gasteiger partial charge in [0.15, 0.2) is 0 Å². The zero-order valence-corrected chi connectivity index (χ0v) is 13.2. The highest BCUT2D eigenvalue weighted by Gasteiger charge is 2.12. The first kappa shape index (κ1) is 14.0. The fourth-order valence-corrected chi connectivity index (χ4v) is 2.74. The molecule has 0 amide bonds. The number of hydrogen-bond acceptors (Lipinski definition) is 1. The van der Waals surface area contributed by atoms with Crippen LogP contribution in [-0.2, 0) is 6.42 Å². The lowest BCUT2D eigenvalue weighted by Crippen LogP contribution is -2.03. The summed E-state index contributed by atoms with van der Waals surface area (Å²) in [5.41, 5.74) is 1.61. The Morgan fingerprint density at radius 3 is 2.67 bits per heavy atom. The van der Waals surface area contributed by atoms with Crippen molar-refractivity contribution in [3.05, 3.63) is 67.5 Å². The van der Waals surface area contributed by atoms with Crippen molar-refractivity contribution in [2.24, 2.45) is 0 Å². The number of benzene rings is 2. The molecule has 0 aliphatic heterocycles. The van der Waals surface area contributed by atoms with Gasteiger partial charge < -0.3 is 5.11 Å². The van der Waals surface area contributed by atoms with Gasteiger partial charge in [0.2, 0.25) is 0 Å². The maximum Gasteiger partial charge on any atom is 0.137 e. The van der Waals surface area contributed by atoms with Crippen molar-refractivity contribution >= 4 is 38.5 Å². The number of aliphatic hydroxyl groups is 1. The molecule has 1 N–H and O–H groups in total. The van der Waals surface area contributed by atoms with Crippen LogP contribution in [0.15, 0.2) is 46.9 Å². The fraction of sp³-hybridized carbons (Fsp3) is 0.143. The molecule has 1 nitrogen and oxygen atoms in total. The molecule has 1 unspecified atom stereocenters. The molecule has 2 aromatic carbocycles. The first-order valence-electron chi connectivity index (χ1n) is 5.44. The minimum atomic E-state index is -0.627. The Morgan fingerprint density at radius 2 is 1.94 bits per heavy atom. The Hall–Kier alpha value is -0.460. The Labute approximate surface area is 127 Å². The summed E-state index contributed by atoms with van der Waals surface area (Å²) in [5.74, 6) is -0.303. The summed E-state index contributed by atoms with van der Waals surface area (Å²) in [6.07, 6.45) is -0.240. The maximum atomic E-state index is 13.4. The van der Waals surface area contributed by atoms with Crippen LogP contribution in [0.4, 0.5) is 4.39 Å². The van der Waals surface area contributed by atoms with E-state index in [-0.39, 0.29) is 5.82 Å². The van der Waals surface area contributed by atoms with Crippen LogP contribution in [0.3, 0.4) is 0 Å². The van der Waals surface area contributed by atoms with Gasteiger partial charge in [0.1, 0.15) is 5.82 Å². The van der Waals surface area contributed by atoms with Gasteiger partial charge >= 0.3 is 0 Å². The van der Waals surface area contributed by atoms with Crippen molar-refractivity contribution in [1.82, 2.24) is 0 Å². The van der Waals surface area contributed by atoms with Crippen molar-refractivity contribution in [2.45, 2.75) is 12.5 Å². The minimum Gasteiger partial charge on any atom is -0.388 e. The molecule has 2 aromatic rings. The highest BCUT2D eigenvalue weighted by molar-refractivity contribution is 14.1. The third-order valence-electron chi connectivity index (χ3n) is 2.68. The topological polar surface area (TPSA) is 20.2 Å². The van der Waals surface area contributed by atoms with E-state index in [0.717, 1.165) is 14.7 Å². The molecule has 94 valence electrons. The van der Waals surface area contributed by atoms with Gasteiger partial charge in [-0.1, -0.05) is 24.3 Å². The second-order valence-electron chi connectivity index (χ2n) is 3.99. The molecule has 2 rings (SSSR count). The Kier molecular flexibility index (Phi) is 4.75. The number of halogens is 3. The Balaban J connectivity index is 2.21. The van der Waals surface area contributed by atoms with E-state index in [1.165, 1.54) is 6.07 Å². The predicted molar refractivity (Wildman–Crippen MR) is 81.9 cm³/mol. The van der Waals surface area contributed by atoms with Crippen LogP contribution in [0.2, 0.25) is 0 Å². The maximum absolute atomic E-state index is 13.4. The van der Waals surface area contributed by atoms with Crippen molar-refractivity contribution in [3.8, 4) is 0 Å². The Bertz CT molecular complexity index is 559. The highest BCUT2D eigenvalue weighted by atomic mass is 127. The minimum absolute atomic E-state index is 0.303. The van der Waals surface area contributed by atoms with E-state index in [2.05, 4.69) is 38.5 Å². The van der Waals surface area contributed by atoms with E-state index >= 15 is 0 Å². The summed E-state index contributed by atoms with van der Waals surface area (Å²) in [5, 5.41) is 10.2. The van der Waals surface area contributed by atoms with E-state index in [0.29, 0.717) is 10.9 Å². The van der Waals surface area contributed by atoms with Crippen molar-refractivity contribution in [3.63, 3.8) is 0 Å². The van der Waals surface area contributed by atoms with E-state index in [4.69, 9.17) is 0 Å². The van der Waals surface area contributed by atoms with Crippen LogP contribution in [0.1, 0.15) is 17.2 Å². The number of rotatable bonds is 3. The first-order chi connectivity index (χ1) is 8.58. The summed E-state index contributed by atoms with van der Waals surface area (Å²) in [6, 6.07) is 12.5. The Morgan fingerprint density at radius 1 is 1.22 bits per heavy atom. The molecule has 0 saturated carbocycles. The molecule has 0 spiro atoms. The van der Waals surface area contributed by atoms with Crippen LogP contribution < -0.4 is 0 Å². The second-order valence-corrected chi connectivity index (χ2v) is 6.03.